The van der Waals surface area contributed by atoms with E-state index in [1.807, 2.05) is 80.3 Å². The first kappa shape index (κ1) is 37.8. The lowest BCUT2D eigenvalue weighted by atomic mass is 9.77. The highest BCUT2D eigenvalue weighted by Gasteiger charge is 2.62. The highest BCUT2D eigenvalue weighted by Crippen LogP contribution is 2.46. The average molecular weight is 725 g/mol. The van der Waals surface area contributed by atoms with E-state index < -0.39 is 40.9 Å². The molecular weight excluding hydrogens is 672 g/mol. The number of pyridine rings is 1. The summed E-state index contributed by atoms with van der Waals surface area (Å²) in [6.07, 6.45) is 4.63. The van der Waals surface area contributed by atoms with Crippen molar-refractivity contribution in [2.24, 2.45) is 17.3 Å². The van der Waals surface area contributed by atoms with Gasteiger partial charge in [0.05, 0.1) is 37.4 Å². The summed E-state index contributed by atoms with van der Waals surface area (Å²) in [7, 11) is 1.60. The first-order valence-corrected chi connectivity index (χ1v) is 18.8. The second kappa shape index (κ2) is 15.6. The van der Waals surface area contributed by atoms with E-state index in [9.17, 15) is 19.2 Å². The van der Waals surface area contributed by atoms with E-state index in [1.54, 1.807) is 25.0 Å². The van der Waals surface area contributed by atoms with Gasteiger partial charge in [0.25, 0.3) is 0 Å². The van der Waals surface area contributed by atoms with E-state index in [4.69, 9.17) is 19.2 Å². The van der Waals surface area contributed by atoms with Crippen LogP contribution in [-0.2, 0) is 23.9 Å². The molecule has 3 amide bonds. The lowest BCUT2D eigenvalue weighted by molar-refractivity contribution is -0.151. The number of fused-ring (bicyclic) bond motifs is 1. The van der Waals surface area contributed by atoms with Crippen LogP contribution in [0.5, 0.6) is 11.5 Å². The Balaban J connectivity index is 1.34. The number of esters is 1. The molecule has 1 aliphatic carbocycles. The van der Waals surface area contributed by atoms with Crippen molar-refractivity contribution in [2.75, 3.05) is 33.4 Å². The van der Waals surface area contributed by atoms with Gasteiger partial charge in [0.2, 0.25) is 17.7 Å². The first-order valence-electron chi connectivity index (χ1n) is 18.8. The molecule has 3 heterocycles. The van der Waals surface area contributed by atoms with Crippen LogP contribution in [-0.4, -0.2) is 89.5 Å². The quantitative estimate of drug-likeness (QED) is 0.180. The zero-order chi connectivity index (χ0) is 37.9. The molecule has 2 aliphatic heterocycles. The van der Waals surface area contributed by atoms with Crippen LogP contribution < -0.4 is 14.8 Å². The van der Waals surface area contributed by atoms with Gasteiger partial charge >= 0.3 is 5.97 Å². The largest absolute Gasteiger partial charge is 0.497 e. The molecule has 0 spiro atoms. The number of amides is 3. The molecule has 3 fully saturated rings. The van der Waals surface area contributed by atoms with Crippen LogP contribution in [0.4, 0.5) is 0 Å². The SMILES string of the molecule is C=CC1CC1(NC(=O)C1CC(Oc2cc(-c3ccccc3)nc3cc(OC)ccc23)CN1C(=O)C(CC(=O)N1CCCCC1)C(C)(C)C)C(=O)OCC. The monoisotopic (exact) mass is 724 g/mol. The summed E-state index contributed by atoms with van der Waals surface area (Å²) in [6, 6.07) is 16.3. The summed E-state index contributed by atoms with van der Waals surface area (Å²) < 4.78 is 17.6. The fourth-order valence-electron chi connectivity index (χ4n) is 7.69. The number of likely N-dealkylation sites (tertiary alicyclic amines) is 2. The number of nitrogens with zero attached hydrogens (tertiary/aromatic N) is 3. The van der Waals surface area contributed by atoms with Gasteiger partial charge in [-0.3, -0.25) is 14.4 Å². The van der Waals surface area contributed by atoms with Crippen molar-refractivity contribution in [1.29, 1.82) is 0 Å². The van der Waals surface area contributed by atoms with Crippen molar-refractivity contribution in [3.63, 3.8) is 0 Å². The maximum Gasteiger partial charge on any atom is 0.332 e. The van der Waals surface area contributed by atoms with Crippen molar-refractivity contribution in [2.45, 2.75) is 83.9 Å². The first-order chi connectivity index (χ1) is 25.4. The molecule has 11 nitrogen and oxygen atoms in total. The number of hydrogen-bond donors (Lipinski definition) is 1. The third-order valence-corrected chi connectivity index (χ3v) is 10.9. The summed E-state index contributed by atoms with van der Waals surface area (Å²) in [5, 5.41) is 3.73. The Morgan fingerprint density at radius 2 is 1.79 bits per heavy atom. The Hall–Kier alpha value is -4.93. The maximum atomic E-state index is 14.8. The number of carbonyl (C=O) groups excluding carboxylic acids is 4. The molecule has 3 aromatic rings. The fourth-order valence-corrected chi connectivity index (χ4v) is 7.69. The molecule has 1 aromatic heterocycles. The predicted octanol–water partition coefficient (Wildman–Crippen LogP) is 5.95. The van der Waals surface area contributed by atoms with Gasteiger partial charge in [0.1, 0.15) is 29.2 Å². The molecule has 282 valence electrons. The van der Waals surface area contributed by atoms with Gasteiger partial charge < -0.3 is 29.3 Å². The van der Waals surface area contributed by atoms with Crippen LogP contribution in [0.3, 0.4) is 0 Å². The topological polar surface area (TPSA) is 127 Å². The number of piperidine rings is 1. The molecule has 1 N–H and O–H groups in total. The normalized spacial score (nSPS) is 23.2. The minimum atomic E-state index is -1.24. The summed E-state index contributed by atoms with van der Waals surface area (Å²) >= 11 is 0. The van der Waals surface area contributed by atoms with Crippen molar-refractivity contribution in [3.05, 3.63) is 67.3 Å². The molecule has 6 rings (SSSR count). The zero-order valence-electron chi connectivity index (χ0n) is 31.6. The number of hydrogen-bond acceptors (Lipinski definition) is 8. The zero-order valence-corrected chi connectivity index (χ0v) is 31.6. The fraction of sp³-hybridized carbons (Fsp3) is 0.500. The smallest absolute Gasteiger partial charge is 0.332 e. The van der Waals surface area contributed by atoms with Gasteiger partial charge in [-0.15, -0.1) is 6.58 Å². The Bertz CT molecular complexity index is 1850. The second-order valence-electron chi connectivity index (χ2n) is 15.5. The van der Waals surface area contributed by atoms with Gasteiger partial charge in [-0.2, -0.15) is 0 Å². The number of methoxy groups -OCH3 is 1. The molecule has 2 saturated heterocycles. The Kier molecular flexibility index (Phi) is 11.1. The van der Waals surface area contributed by atoms with E-state index >= 15 is 0 Å². The summed E-state index contributed by atoms with van der Waals surface area (Å²) in [5.41, 5.74) is 0.460. The van der Waals surface area contributed by atoms with E-state index in [-0.39, 0.29) is 43.7 Å². The third-order valence-electron chi connectivity index (χ3n) is 10.9. The van der Waals surface area contributed by atoms with Crippen molar-refractivity contribution >= 4 is 34.6 Å². The third kappa shape index (κ3) is 8.04. The summed E-state index contributed by atoms with van der Waals surface area (Å²) in [5.74, 6) is -1.10. The Morgan fingerprint density at radius 1 is 1.06 bits per heavy atom. The van der Waals surface area contributed by atoms with Crippen LogP contribution in [0, 0.1) is 17.3 Å². The molecular formula is C42H52N4O7. The number of nitrogens with one attached hydrogen (secondary N) is 1. The van der Waals surface area contributed by atoms with Gasteiger partial charge in [0.15, 0.2) is 0 Å². The van der Waals surface area contributed by atoms with Gasteiger partial charge in [0, 0.05) is 54.9 Å². The lowest BCUT2D eigenvalue weighted by Crippen LogP contribution is -2.55. The molecule has 5 unspecified atom stereocenters. The molecule has 2 aromatic carbocycles. The standard InChI is InChI=1S/C42H52N4O7/c1-7-28-25-42(28,40(50)52-8-2)44-38(48)35-22-30(26-46(35)39(49)32(41(3,4)5)23-37(47)45-19-13-10-14-20-45)53-36-24-33(27-15-11-9-12-16-27)43-34-21-29(51-6)17-18-31(34)36/h7,9,11-12,15-18,21,24,28,30,32,35H,1,8,10,13-14,19-20,22-23,25-26H2,2-6H3,(H,44,48). The van der Waals surface area contributed by atoms with Crippen molar-refractivity contribution in [3.8, 4) is 22.8 Å². The number of benzene rings is 2. The minimum absolute atomic E-state index is 0.0429. The summed E-state index contributed by atoms with van der Waals surface area (Å²) in [4.78, 5) is 64.2. The number of rotatable bonds is 12. The molecule has 53 heavy (non-hydrogen) atoms. The number of ether oxygens (including phenoxy) is 3. The number of aromatic nitrogens is 1. The Labute approximate surface area is 312 Å². The van der Waals surface area contributed by atoms with E-state index in [1.165, 1.54) is 0 Å². The van der Waals surface area contributed by atoms with Crippen LogP contribution in [0.15, 0.2) is 67.3 Å². The highest BCUT2D eigenvalue weighted by molar-refractivity contribution is 5.96. The number of carbonyl (C=O) groups is 4. The van der Waals surface area contributed by atoms with Crippen LogP contribution in [0.25, 0.3) is 22.2 Å². The Morgan fingerprint density at radius 3 is 2.43 bits per heavy atom. The molecule has 11 heteroatoms. The minimum Gasteiger partial charge on any atom is -0.497 e. The van der Waals surface area contributed by atoms with E-state index in [0.717, 1.165) is 30.2 Å². The van der Waals surface area contributed by atoms with Gasteiger partial charge in [-0.05, 0) is 50.2 Å². The van der Waals surface area contributed by atoms with Gasteiger partial charge in [-0.1, -0.05) is 57.2 Å². The molecule has 3 aliphatic rings. The second-order valence-corrected chi connectivity index (χ2v) is 15.5. The van der Waals surface area contributed by atoms with Crippen LogP contribution >= 0.6 is 0 Å². The van der Waals surface area contributed by atoms with E-state index in [0.29, 0.717) is 42.2 Å². The van der Waals surface area contributed by atoms with Crippen LogP contribution in [0.1, 0.15) is 66.2 Å². The van der Waals surface area contributed by atoms with E-state index in [2.05, 4.69) is 11.9 Å². The predicted molar refractivity (Wildman–Crippen MR) is 202 cm³/mol. The molecule has 1 saturated carbocycles. The van der Waals surface area contributed by atoms with Gasteiger partial charge in [-0.25, -0.2) is 9.78 Å². The highest BCUT2D eigenvalue weighted by atomic mass is 16.5. The van der Waals surface area contributed by atoms with Crippen molar-refractivity contribution < 1.29 is 33.4 Å². The molecule has 0 radical (unpaired) electrons. The van der Waals surface area contributed by atoms with Crippen LogP contribution in [0.2, 0.25) is 0 Å². The lowest BCUT2D eigenvalue weighted by Gasteiger charge is -2.36. The summed E-state index contributed by atoms with van der Waals surface area (Å²) in [6.45, 7) is 13.1. The molecule has 0 bridgehead atoms. The average Bonchev–Trinajstić information content (AvgIpc) is 3.72. The van der Waals surface area contributed by atoms with Crippen molar-refractivity contribution in [1.82, 2.24) is 20.1 Å². The molecule has 5 atom stereocenters. The maximum absolute atomic E-state index is 14.8.